The number of H-pyrrole nitrogens is 1. The van der Waals surface area contributed by atoms with Crippen LogP contribution in [0.25, 0.3) is 22.4 Å². The van der Waals surface area contributed by atoms with Crippen LogP contribution in [0.1, 0.15) is 24.6 Å². The van der Waals surface area contributed by atoms with E-state index in [1.54, 1.807) is 13.1 Å². The van der Waals surface area contributed by atoms with Crippen molar-refractivity contribution in [2.45, 2.75) is 25.3 Å². The fraction of sp³-hybridized carbons (Fsp3) is 0.263. The Morgan fingerprint density at radius 3 is 3.03 bits per heavy atom. The molecule has 1 aliphatic carbocycles. The summed E-state index contributed by atoms with van der Waals surface area (Å²) in [5.74, 6) is 1.67. The van der Waals surface area contributed by atoms with E-state index in [0.29, 0.717) is 28.5 Å². The number of fused-ring (bicyclic) bond motifs is 1. The second kappa shape index (κ2) is 6.66. The number of aromatic nitrogens is 7. The van der Waals surface area contributed by atoms with Gasteiger partial charge in [0.1, 0.15) is 24.1 Å². The average Bonchev–Trinajstić information content (AvgIpc) is 3.32. The summed E-state index contributed by atoms with van der Waals surface area (Å²) >= 11 is 0. The molecule has 4 aromatic rings. The van der Waals surface area contributed by atoms with E-state index in [0.717, 1.165) is 24.2 Å². The maximum atomic E-state index is 12.5. The third-order valence-electron chi connectivity index (χ3n) is 4.90. The molecule has 3 heterocycles. The first-order valence-electron chi connectivity index (χ1n) is 9.28. The minimum atomic E-state index is -0.331. The van der Waals surface area contributed by atoms with E-state index >= 15 is 0 Å². The number of hydrogen-bond donors (Lipinski definition) is 2. The molecule has 0 radical (unpaired) electrons. The van der Waals surface area contributed by atoms with Crippen LogP contribution in [0.5, 0.6) is 0 Å². The van der Waals surface area contributed by atoms with Gasteiger partial charge in [-0.15, -0.1) is 0 Å². The highest BCUT2D eigenvalue weighted by Crippen LogP contribution is 2.38. The number of anilines is 1. The molecule has 0 unspecified atom stereocenters. The number of nitrogens with one attached hydrogen (secondary N) is 2. The molecule has 1 amide bonds. The van der Waals surface area contributed by atoms with Gasteiger partial charge in [0.2, 0.25) is 5.91 Å². The van der Waals surface area contributed by atoms with Crippen molar-refractivity contribution in [2.24, 2.45) is 7.05 Å². The highest BCUT2D eigenvalue weighted by atomic mass is 16.2. The molecule has 1 saturated carbocycles. The van der Waals surface area contributed by atoms with E-state index in [1.807, 2.05) is 18.2 Å². The molecule has 146 valence electrons. The molecule has 1 aromatic carbocycles. The summed E-state index contributed by atoms with van der Waals surface area (Å²) in [6.45, 7) is -0.145. The summed E-state index contributed by atoms with van der Waals surface area (Å²) in [5, 5.41) is 14.5. The van der Waals surface area contributed by atoms with Crippen molar-refractivity contribution in [3.8, 4) is 11.4 Å². The van der Waals surface area contributed by atoms with E-state index in [2.05, 4.69) is 30.6 Å². The summed E-state index contributed by atoms with van der Waals surface area (Å²) in [4.78, 5) is 33.7. The van der Waals surface area contributed by atoms with Gasteiger partial charge in [0.05, 0.1) is 6.20 Å². The molecule has 29 heavy (non-hydrogen) atoms. The monoisotopic (exact) mass is 390 g/mol. The fourth-order valence-electron chi connectivity index (χ4n) is 3.21. The maximum absolute atomic E-state index is 12.5. The van der Waals surface area contributed by atoms with Gasteiger partial charge in [-0.05, 0) is 25.0 Å². The summed E-state index contributed by atoms with van der Waals surface area (Å²) < 4.78 is 2.78. The number of benzene rings is 1. The Kier molecular flexibility index (Phi) is 3.97. The first-order chi connectivity index (χ1) is 14.1. The van der Waals surface area contributed by atoms with Crippen LogP contribution in [0, 0.1) is 0 Å². The number of rotatable bonds is 5. The lowest BCUT2D eigenvalue weighted by atomic mass is 10.2. The van der Waals surface area contributed by atoms with Crippen molar-refractivity contribution >= 4 is 22.6 Å². The molecule has 1 aliphatic rings. The van der Waals surface area contributed by atoms with Gasteiger partial charge < -0.3 is 5.32 Å². The summed E-state index contributed by atoms with van der Waals surface area (Å²) in [7, 11) is 1.71. The average molecular weight is 390 g/mol. The van der Waals surface area contributed by atoms with Crippen molar-refractivity contribution in [3.05, 3.63) is 53.0 Å². The smallest absolute Gasteiger partial charge is 0.264 e. The SMILES string of the molecule is Cn1ncc2c(=O)n(CC(=O)Nc3cccc(-c4n[nH]c(C5CC5)n4)c3)cnc21. The summed E-state index contributed by atoms with van der Waals surface area (Å²) in [6.07, 6.45) is 5.10. The molecule has 10 nitrogen and oxygen atoms in total. The van der Waals surface area contributed by atoms with Gasteiger partial charge in [0.25, 0.3) is 5.56 Å². The van der Waals surface area contributed by atoms with Crippen LogP contribution < -0.4 is 10.9 Å². The largest absolute Gasteiger partial charge is 0.325 e. The van der Waals surface area contributed by atoms with Crippen molar-refractivity contribution in [2.75, 3.05) is 5.32 Å². The number of amides is 1. The second-order valence-corrected chi connectivity index (χ2v) is 7.13. The Labute approximate surface area is 164 Å². The lowest BCUT2D eigenvalue weighted by Crippen LogP contribution is -2.27. The molecule has 0 saturated heterocycles. The van der Waals surface area contributed by atoms with Crippen LogP contribution >= 0.6 is 0 Å². The number of carbonyl (C=O) groups is 1. The lowest BCUT2D eigenvalue weighted by Gasteiger charge is -2.08. The number of carbonyl (C=O) groups excluding carboxylic acids is 1. The van der Waals surface area contributed by atoms with Gasteiger partial charge >= 0.3 is 0 Å². The first kappa shape index (κ1) is 17.3. The van der Waals surface area contributed by atoms with E-state index in [-0.39, 0.29) is 18.0 Å². The van der Waals surface area contributed by atoms with E-state index < -0.39 is 0 Å². The highest BCUT2D eigenvalue weighted by Gasteiger charge is 2.27. The standard InChI is InChI=1S/C19H18N8O2/c1-26-18-14(8-21-26)19(29)27(10-20-18)9-15(28)22-13-4-2-3-12(7-13)17-23-16(24-25-17)11-5-6-11/h2-4,7-8,10-11H,5-6,9H2,1H3,(H,22,28)(H,23,24,25). The van der Waals surface area contributed by atoms with Crippen LogP contribution in [-0.4, -0.2) is 40.4 Å². The molecular formula is C19H18N8O2. The predicted molar refractivity (Wildman–Crippen MR) is 105 cm³/mol. The van der Waals surface area contributed by atoms with Gasteiger partial charge in [-0.2, -0.15) is 10.2 Å². The van der Waals surface area contributed by atoms with Gasteiger partial charge in [-0.3, -0.25) is 23.9 Å². The van der Waals surface area contributed by atoms with E-state index in [4.69, 9.17) is 0 Å². The molecule has 0 aliphatic heterocycles. The number of nitrogens with zero attached hydrogens (tertiary/aromatic N) is 6. The van der Waals surface area contributed by atoms with E-state index in [1.165, 1.54) is 21.8 Å². The molecule has 1 fully saturated rings. The Balaban J connectivity index is 1.33. The molecular weight excluding hydrogens is 372 g/mol. The zero-order valence-electron chi connectivity index (χ0n) is 15.7. The van der Waals surface area contributed by atoms with Crippen LogP contribution in [0.4, 0.5) is 5.69 Å². The molecule has 10 heteroatoms. The van der Waals surface area contributed by atoms with Crippen LogP contribution in [0.2, 0.25) is 0 Å². The van der Waals surface area contributed by atoms with Gasteiger partial charge in [-0.25, -0.2) is 9.97 Å². The van der Waals surface area contributed by atoms with Gasteiger partial charge in [0, 0.05) is 24.2 Å². The normalized spacial score (nSPS) is 13.7. The van der Waals surface area contributed by atoms with Gasteiger partial charge in [0.15, 0.2) is 11.5 Å². The third kappa shape index (κ3) is 3.28. The molecule has 0 bridgehead atoms. The quantitative estimate of drug-likeness (QED) is 0.531. The number of hydrogen-bond acceptors (Lipinski definition) is 6. The number of aromatic amines is 1. The Morgan fingerprint density at radius 1 is 1.34 bits per heavy atom. The molecule has 5 rings (SSSR count). The van der Waals surface area contributed by atoms with Crippen LogP contribution in [-0.2, 0) is 18.4 Å². The molecule has 0 atom stereocenters. The molecule has 2 N–H and O–H groups in total. The van der Waals surface area contributed by atoms with Crippen molar-refractivity contribution in [3.63, 3.8) is 0 Å². The topological polar surface area (TPSA) is 123 Å². The van der Waals surface area contributed by atoms with Gasteiger partial charge in [-0.1, -0.05) is 12.1 Å². The van der Waals surface area contributed by atoms with E-state index in [9.17, 15) is 9.59 Å². The zero-order chi connectivity index (χ0) is 20.0. The second-order valence-electron chi connectivity index (χ2n) is 7.13. The molecule has 3 aromatic heterocycles. The van der Waals surface area contributed by atoms with Crippen molar-refractivity contribution < 1.29 is 4.79 Å². The Morgan fingerprint density at radius 2 is 2.21 bits per heavy atom. The first-order valence-corrected chi connectivity index (χ1v) is 9.28. The minimum Gasteiger partial charge on any atom is -0.325 e. The Hall–Kier alpha value is -3.82. The van der Waals surface area contributed by atoms with Crippen molar-refractivity contribution in [1.29, 1.82) is 0 Å². The van der Waals surface area contributed by atoms with Crippen LogP contribution in [0.15, 0.2) is 41.6 Å². The predicted octanol–water partition coefficient (Wildman–Crippen LogP) is 1.43. The molecule has 0 spiro atoms. The summed E-state index contributed by atoms with van der Waals surface area (Å²) in [6, 6.07) is 7.30. The summed E-state index contributed by atoms with van der Waals surface area (Å²) in [5.41, 5.74) is 1.59. The van der Waals surface area contributed by atoms with Crippen LogP contribution in [0.3, 0.4) is 0 Å². The lowest BCUT2D eigenvalue weighted by molar-refractivity contribution is -0.116. The zero-order valence-corrected chi connectivity index (χ0v) is 15.7. The minimum absolute atomic E-state index is 0.145. The fourth-order valence-corrected chi connectivity index (χ4v) is 3.21. The number of aryl methyl sites for hydroxylation is 1. The maximum Gasteiger partial charge on any atom is 0.264 e. The highest BCUT2D eigenvalue weighted by molar-refractivity contribution is 5.91. The van der Waals surface area contributed by atoms with Crippen molar-refractivity contribution in [1.82, 2.24) is 34.5 Å². The third-order valence-corrected chi connectivity index (χ3v) is 4.90. The Bertz CT molecular complexity index is 1280.